The first-order valence-corrected chi connectivity index (χ1v) is 20.7. The molecule has 1 saturated carbocycles. The number of carbonyl (C=O) groups is 4. The summed E-state index contributed by atoms with van der Waals surface area (Å²) in [7, 11) is 0. The standard InChI is InChI=1S/C42H49F4N9O5/c43-31-21-29(48-33-9-11-36(56)51-40(33)59)8-10-34(31)54-17-14-35(42(45,46)24-54)53-15-12-28(13-16-53)49-39(58)25-4-6-27(7-5-25)50-41-47-22-32(44)38(52-41)26-2-1-3-30(20-26)55-18-19-60-23-37(55)57/h1-3,8,10,20-22,25,27-28,33,35,48H,4-7,9,11-19,23-24H2,(H,49,58)(H,47,50,52)(H,51,56,59)/t25-,27-,33?,35?. The number of morpholine rings is 1. The topological polar surface area (TPSA) is 161 Å². The molecule has 0 bridgehead atoms. The maximum Gasteiger partial charge on any atom is 0.280 e. The summed E-state index contributed by atoms with van der Waals surface area (Å²) < 4.78 is 66.8. The number of rotatable bonds is 10. The van der Waals surface area contributed by atoms with Gasteiger partial charge in [-0.25, -0.2) is 27.5 Å². The van der Waals surface area contributed by atoms with E-state index >= 15 is 13.2 Å². The Kier molecular flexibility index (Phi) is 12.2. The predicted molar refractivity (Wildman–Crippen MR) is 214 cm³/mol. The smallest absolute Gasteiger partial charge is 0.280 e. The van der Waals surface area contributed by atoms with Crippen molar-refractivity contribution in [2.24, 2.45) is 5.92 Å². The maximum absolute atomic E-state index is 15.7. The number of hydrogen-bond donors (Lipinski definition) is 4. The Labute approximate surface area is 344 Å². The van der Waals surface area contributed by atoms with Crippen LogP contribution in [0.25, 0.3) is 11.3 Å². The molecule has 5 heterocycles. The van der Waals surface area contributed by atoms with Crippen LogP contribution in [-0.2, 0) is 23.9 Å². The number of halogens is 4. The summed E-state index contributed by atoms with van der Waals surface area (Å²) in [6.07, 6.45) is 5.44. The van der Waals surface area contributed by atoms with E-state index in [0.29, 0.717) is 81.7 Å². The molecule has 0 radical (unpaired) electrons. The van der Waals surface area contributed by atoms with Crippen LogP contribution in [0, 0.1) is 17.6 Å². The lowest BCUT2D eigenvalue weighted by molar-refractivity contribution is -0.133. The number of imide groups is 1. The van der Waals surface area contributed by atoms with Crippen LogP contribution < -0.4 is 31.1 Å². The second-order valence-corrected chi connectivity index (χ2v) is 16.4. The third kappa shape index (κ3) is 9.33. The zero-order chi connectivity index (χ0) is 42.0. The zero-order valence-electron chi connectivity index (χ0n) is 33.1. The molecule has 1 aliphatic carbocycles. The number of aromatic nitrogens is 2. The molecule has 2 atom stereocenters. The van der Waals surface area contributed by atoms with Gasteiger partial charge < -0.3 is 30.5 Å². The van der Waals surface area contributed by atoms with E-state index in [1.807, 2.05) is 0 Å². The number of benzene rings is 2. The molecule has 4 saturated heterocycles. The lowest BCUT2D eigenvalue weighted by Crippen LogP contribution is -2.61. The average molecular weight is 836 g/mol. The van der Waals surface area contributed by atoms with Gasteiger partial charge in [-0.1, -0.05) is 12.1 Å². The summed E-state index contributed by atoms with van der Waals surface area (Å²) in [5.41, 5.74) is 1.65. The Balaban J connectivity index is 0.779. The van der Waals surface area contributed by atoms with Gasteiger partial charge in [-0.2, -0.15) is 0 Å². The fraction of sp³-hybridized carbons (Fsp3) is 0.524. The van der Waals surface area contributed by atoms with Crippen molar-refractivity contribution in [2.45, 2.75) is 87.9 Å². The Morgan fingerprint density at radius 3 is 2.40 bits per heavy atom. The van der Waals surface area contributed by atoms with Crippen molar-refractivity contribution in [3.8, 4) is 11.3 Å². The molecule has 3 aromatic rings. The molecule has 5 aliphatic rings. The molecule has 18 heteroatoms. The van der Waals surface area contributed by atoms with Gasteiger partial charge >= 0.3 is 0 Å². The summed E-state index contributed by atoms with van der Waals surface area (Å²) in [4.78, 5) is 62.6. The minimum Gasteiger partial charge on any atom is -0.374 e. The Bertz CT molecular complexity index is 2100. The van der Waals surface area contributed by atoms with E-state index in [9.17, 15) is 23.6 Å². The average Bonchev–Trinajstić information content (AvgIpc) is 3.23. The third-order valence-corrected chi connectivity index (χ3v) is 12.3. The Morgan fingerprint density at radius 2 is 1.67 bits per heavy atom. The van der Waals surface area contributed by atoms with Gasteiger partial charge in [0.05, 0.1) is 31.1 Å². The lowest BCUT2D eigenvalue weighted by Gasteiger charge is -2.46. The fourth-order valence-electron chi connectivity index (χ4n) is 9.08. The zero-order valence-corrected chi connectivity index (χ0v) is 33.1. The van der Waals surface area contributed by atoms with Crippen molar-refractivity contribution in [3.05, 3.63) is 60.3 Å². The molecule has 5 fully saturated rings. The van der Waals surface area contributed by atoms with Gasteiger partial charge in [0.15, 0.2) is 5.82 Å². The number of carbonyl (C=O) groups excluding carboxylic acids is 4. The molecular weight excluding hydrogens is 787 g/mol. The van der Waals surface area contributed by atoms with Gasteiger partial charge in [-0.15, -0.1) is 0 Å². The third-order valence-electron chi connectivity index (χ3n) is 12.3. The van der Waals surface area contributed by atoms with E-state index in [1.165, 1.54) is 17.0 Å². The SMILES string of the molecule is O=C1CCC(Nc2ccc(N3CCC(N4CCC(NC(=O)[C@H]5CC[C@H](Nc6ncc(F)c(-c7cccc(N8CCOCC8=O)c7)n6)CC5)CC4)C(F)(F)C3)c(F)c2)C(=O)N1. The van der Waals surface area contributed by atoms with Crippen LogP contribution in [0.4, 0.5) is 40.6 Å². The molecule has 60 heavy (non-hydrogen) atoms. The molecule has 0 spiro atoms. The van der Waals surface area contributed by atoms with Crippen molar-refractivity contribution < 1.29 is 41.5 Å². The highest BCUT2D eigenvalue weighted by Crippen LogP contribution is 2.37. The highest BCUT2D eigenvalue weighted by atomic mass is 19.3. The highest BCUT2D eigenvalue weighted by Gasteiger charge is 2.48. The van der Waals surface area contributed by atoms with Crippen LogP contribution in [0.15, 0.2) is 48.7 Å². The summed E-state index contributed by atoms with van der Waals surface area (Å²) in [6.45, 7) is 1.25. The van der Waals surface area contributed by atoms with Crippen LogP contribution in [0.1, 0.15) is 57.8 Å². The monoisotopic (exact) mass is 835 g/mol. The molecule has 14 nitrogen and oxygen atoms in total. The molecule has 2 unspecified atom stereocenters. The van der Waals surface area contributed by atoms with Crippen molar-refractivity contribution in [1.29, 1.82) is 0 Å². The number of alkyl halides is 2. The van der Waals surface area contributed by atoms with Gasteiger partial charge in [0, 0.05) is 67.5 Å². The number of likely N-dealkylation sites (tertiary alicyclic amines) is 1. The summed E-state index contributed by atoms with van der Waals surface area (Å²) in [5.74, 6) is -5.33. The maximum atomic E-state index is 15.7. The molecule has 4 N–H and O–H groups in total. The number of hydrogen-bond acceptors (Lipinski definition) is 11. The second kappa shape index (κ2) is 17.7. The van der Waals surface area contributed by atoms with E-state index in [-0.39, 0.29) is 85.5 Å². The number of anilines is 4. The Hall–Kier alpha value is -5.36. The summed E-state index contributed by atoms with van der Waals surface area (Å²) in [5, 5.41) is 11.6. The number of amides is 4. The van der Waals surface area contributed by atoms with E-state index in [4.69, 9.17) is 4.74 Å². The van der Waals surface area contributed by atoms with Gasteiger partial charge in [-0.05, 0) is 81.7 Å². The van der Waals surface area contributed by atoms with E-state index in [1.54, 1.807) is 40.1 Å². The van der Waals surface area contributed by atoms with Gasteiger partial charge in [-0.3, -0.25) is 29.4 Å². The van der Waals surface area contributed by atoms with E-state index in [0.717, 1.165) is 6.20 Å². The Morgan fingerprint density at radius 1 is 0.867 bits per heavy atom. The van der Waals surface area contributed by atoms with Gasteiger partial charge in [0.25, 0.3) is 11.8 Å². The number of piperidine rings is 3. The summed E-state index contributed by atoms with van der Waals surface area (Å²) in [6, 6.07) is 9.34. The van der Waals surface area contributed by atoms with Crippen LogP contribution in [0.2, 0.25) is 0 Å². The van der Waals surface area contributed by atoms with Crippen molar-refractivity contribution in [2.75, 3.05) is 66.4 Å². The first-order valence-electron chi connectivity index (χ1n) is 20.7. The minimum atomic E-state index is -3.10. The van der Waals surface area contributed by atoms with E-state index < -0.39 is 42.1 Å². The number of ether oxygens (including phenoxy) is 1. The van der Waals surface area contributed by atoms with Gasteiger partial charge in [0.2, 0.25) is 23.7 Å². The quantitative estimate of drug-likeness (QED) is 0.169. The van der Waals surface area contributed by atoms with Crippen LogP contribution in [-0.4, -0.2) is 115 Å². The van der Waals surface area contributed by atoms with Crippen LogP contribution in [0.5, 0.6) is 0 Å². The molecule has 1 aromatic heterocycles. The van der Waals surface area contributed by atoms with Gasteiger partial charge in [0.1, 0.15) is 24.2 Å². The van der Waals surface area contributed by atoms with Crippen molar-refractivity contribution in [3.63, 3.8) is 0 Å². The number of nitrogens with zero attached hydrogens (tertiary/aromatic N) is 5. The van der Waals surface area contributed by atoms with Crippen LogP contribution >= 0.6 is 0 Å². The lowest BCUT2D eigenvalue weighted by atomic mass is 9.85. The minimum absolute atomic E-state index is 0.00371. The number of nitrogens with one attached hydrogen (secondary N) is 4. The molecule has 4 aliphatic heterocycles. The first kappa shape index (κ1) is 41.4. The molecule has 320 valence electrons. The fourth-order valence-corrected chi connectivity index (χ4v) is 9.08. The van der Waals surface area contributed by atoms with Crippen molar-refractivity contribution in [1.82, 2.24) is 25.5 Å². The molecule has 4 amide bonds. The largest absolute Gasteiger partial charge is 0.374 e. The predicted octanol–water partition coefficient (Wildman–Crippen LogP) is 4.47. The highest BCUT2D eigenvalue weighted by molar-refractivity contribution is 6.01. The normalized spacial score (nSPS) is 25.4. The first-order chi connectivity index (χ1) is 28.9. The van der Waals surface area contributed by atoms with E-state index in [2.05, 4.69) is 31.2 Å². The van der Waals surface area contributed by atoms with Crippen LogP contribution in [0.3, 0.4) is 0 Å². The summed E-state index contributed by atoms with van der Waals surface area (Å²) >= 11 is 0. The molecular formula is C42H49F4N9O5. The molecule has 8 rings (SSSR count). The second-order valence-electron chi connectivity index (χ2n) is 16.4. The molecule has 2 aromatic carbocycles. The van der Waals surface area contributed by atoms with Crippen molar-refractivity contribution >= 4 is 46.6 Å².